The summed E-state index contributed by atoms with van der Waals surface area (Å²) in [7, 11) is 3.73. The second-order valence-corrected chi connectivity index (χ2v) is 5.20. The third kappa shape index (κ3) is 4.80. The van der Waals surface area contributed by atoms with Crippen molar-refractivity contribution >= 4 is 11.5 Å². The lowest BCUT2D eigenvalue weighted by molar-refractivity contribution is -0.385. The van der Waals surface area contributed by atoms with E-state index in [1.165, 1.54) is 12.3 Å². The van der Waals surface area contributed by atoms with Crippen molar-refractivity contribution in [1.82, 2.24) is 9.88 Å². The Morgan fingerprint density at radius 2 is 2.21 bits per heavy atom. The van der Waals surface area contributed by atoms with Crippen molar-refractivity contribution in [1.29, 1.82) is 0 Å². The average Bonchev–Trinajstić information content (AvgIpc) is 2.26. The molecule has 0 bridgehead atoms. The van der Waals surface area contributed by atoms with E-state index in [0.717, 1.165) is 0 Å². The number of hydrogen-bond donors (Lipinski definition) is 2. The highest BCUT2D eigenvalue weighted by molar-refractivity contribution is 5.49. The molecule has 1 atom stereocenters. The highest BCUT2D eigenvalue weighted by atomic mass is 16.6. The number of aliphatic hydroxyl groups is 1. The number of pyridine rings is 1. The first kappa shape index (κ1) is 15.3. The first-order valence-electron chi connectivity index (χ1n) is 5.93. The van der Waals surface area contributed by atoms with Gasteiger partial charge in [-0.15, -0.1) is 0 Å². The van der Waals surface area contributed by atoms with Gasteiger partial charge in [0.05, 0.1) is 16.6 Å². The summed E-state index contributed by atoms with van der Waals surface area (Å²) >= 11 is 0. The summed E-state index contributed by atoms with van der Waals surface area (Å²) in [6.07, 6.45) is 1.45. The Bertz CT molecular complexity index is 460. The van der Waals surface area contributed by atoms with E-state index in [2.05, 4.69) is 10.3 Å². The van der Waals surface area contributed by atoms with Gasteiger partial charge in [-0.3, -0.25) is 10.1 Å². The minimum absolute atomic E-state index is 0.0183. The average molecular weight is 268 g/mol. The third-order valence-corrected chi connectivity index (χ3v) is 2.58. The smallest absolute Gasteiger partial charge is 0.277 e. The standard InChI is InChI=1S/C12H20N4O3/c1-9-6-13-11(5-10(9)16(18)19)14-7-12(2,17)8-15(3)4/h5-6,17H,7-8H2,1-4H3,(H,13,14). The molecule has 1 heterocycles. The normalized spacial score (nSPS) is 14.2. The van der Waals surface area contributed by atoms with E-state index in [4.69, 9.17) is 0 Å². The maximum absolute atomic E-state index is 10.8. The van der Waals surface area contributed by atoms with Crippen LogP contribution in [0.25, 0.3) is 0 Å². The van der Waals surface area contributed by atoms with Gasteiger partial charge in [0.2, 0.25) is 0 Å². The van der Waals surface area contributed by atoms with Crippen LogP contribution in [0.5, 0.6) is 0 Å². The second kappa shape index (κ2) is 5.94. The first-order valence-corrected chi connectivity index (χ1v) is 5.93. The molecule has 0 aliphatic carbocycles. The molecule has 7 nitrogen and oxygen atoms in total. The van der Waals surface area contributed by atoms with Crippen LogP contribution in [0.2, 0.25) is 0 Å². The fraction of sp³-hybridized carbons (Fsp3) is 0.583. The highest BCUT2D eigenvalue weighted by Gasteiger charge is 2.21. The lowest BCUT2D eigenvalue weighted by Crippen LogP contribution is -2.43. The summed E-state index contributed by atoms with van der Waals surface area (Å²) in [5.41, 5.74) is -0.412. The lowest BCUT2D eigenvalue weighted by Gasteiger charge is -2.27. The van der Waals surface area contributed by atoms with Crippen LogP contribution in [0.3, 0.4) is 0 Å². The molecule has 1 rings (SSSR count). The van der Waals surface area contributed by atoms with Gasteiger partial charge in [-0.1, -0.05) is 0 Å². The number of likely N-dealkylation sites (N-methyl/N-ethyl adjacent to an activating group) is 1. The number of anilines is 1. The second-order valence-electron chi connectivity index (χ2n) is 5.20. The van der Waals surface area contributed by atoms with Crippen LogP contribution in [-0.4, -0.2) is 52.7 Å². The molecule has 1 unspecified atom stereocenters. The fourth-order valence-corrected chi connectivity index (χ4v) is 1.82. The summed E-state index contributed by atoms with van der Waals surface area (Å²) in [6.45, 7) is 4.08. The summed E-state index contributed by atoms with van der Waals surface area (Å²) in [5, 5.41) is 23.8. The Balaban J connectivity index is 2.73. The monoisotopic (exact) mass is 268 g/mol. The Hall–Kier alpha value is -1.73. The minimum atomic E-state index is -0.940. The maximum atomic E-state index is 10.8. The zero-order valence-corrected chi connectivity index (χ0v) is 11.7. The molecule has 0 amide bonds. The molecule has 0 aliphatic rings. The molecule has 0 radical (unpaired) electrons. The van der Waals surface area contributed by atoms with E-state index in [0.29, 0.717) is 17.9 Å². The van der Waals surface area contributed by atoms with Crippen LogP contribution >= 0.6 is 0 Å². The van der Waals surface area contributed by atoms with Gasteiger partial charge in [0.1, 0.15) is 5.82 Å². The van der Waals surface area contributed by atoms with E-state index in [1.54, 1.807) is 13.8 Å². The van der Waals surface area contributed by atoms with Crippen molar-refractivity contribution in [2.45, 2.75) is 19.4 Å². The Morgan fingerprint density at radius 1 is 1.58 bits per heavy atom. The molecule has 7 heteroatoms. The molecule has 2 N–H and O–H groups in total. The van der Waals surface area contributed by atoms with Gasteiger partial charge in [-0.05, 0) is 27.9 Å². The molecule has 0 saturated carbocycles. The van der Waals surface area contributed by atoms with E-state index in [-0.39, 0.29) is 12.2 Å². The van der Waals surface area contributed by atoms with Gasteiger partial charge < -0.3 is 15.3 Å². The van der Waals surface area contributed by atoms with Crippen molar-refractivity contribution < 1.29 is 10.0 Å². The highest BCUT2D eigenvalue weighted by Crippen LogP contribution is 2.20. The zero-order valence-electron chi connectivity index (χ0n) is 11.7. The summed E-state index contributed by atoms with van der Waals surface area (Å²) < 4.78 is 0. The SMILES string of the molecule is Cc1cnc(NCC(C)(O)CN(C)C)cc1[N+](=O)[O-]. The number of nitro groups is 1. The number of nitrogens with zero attached hydrogens (tertiary/aromatic N) is 3. The summed E-state index contributed by atoms with van der Waals surface area (Å²) in [5.74, 6) is 0.385. The van der Waals surface area contributed by atoms with Crippen molar-refractivity contribution in [3.05, 3.63) is 27.9 Å². The molecule has 0 fully saturated rings. The molecule has 1 aromatic rings. The summed E-state index contributed by atoms with van der Waals surface area (Å²) in [4.78, 5) is 16.3. The molecule has 1 aromatic heterocycles. The number of nitrogens with one attached hydrogen (secondary N) is 1. The van der Waals surface area contributed by atoms with Crippen LogP contribution in [0, 0.1) is 17.0 Å². The third-order valence-electron chi connectivity index (χ3n) is 2.58. The Kier molecular flexibility index (Phi) is 4.79. The topological polar surface area (TPSA) is 91.5 Å². The van der Waals surface area contributed by atoms with E-state index in [1.807, 2.05) is 19.0 Å². The molecule has 0 saturated heterocycles. The maximum Gasteiger partial charge on any atom is 0.277 e. The molecular weight excluding hydrogens is 248 g/mol. The van der Waals surface area contributed by atoms with Gasteiger partial charge in [-0.25, -0.2) is 4.98 Å². The van der Waals surface area contributed by atoms with Crippen LogP contribution in [0.15, 0.2) is 12.3 Å². The number of aryl methyl sites for hydroxylation is 1. The van der Waals surface area contributed by atoms with Crippen LogP contribution in [0.1, 0.15) is 12.5 Å². The van der Waals surface area contributed by atoms with Gasteiger partial charge >= 0.3 is 0 Å². The predicted octanol–water partition coefficient (Wildman–Crippen LogP) is 1.02. The molecule has 0 aromatic carbocycles. The van der Waals surface area contributed by atoms with E-state index in [9.17, 15) is 15.2 Å². The Morgan fingerprint density at radius 3 is 2.74 bits per heavy atom. The van der Waals surface area contributed by atoms with Crippen LogP contribution in [-0.2, 0) is 0 Å². The number of hydrogen-bond acceptors (Lipinski definition) is 6. The molecular formula is C12H20N4O3. The van der Waals surface area contributed by atoms with Gasteiger partial charge in [0.25, 0.3) is 5.69 Å². The quantitative estimate of drug-likeness (QED) is 0.591. The van der Waals surface area contributed by atoms with Crippen LogP contribution < -0.4 is 5.32 Å². The Labute approximate surface area is 112 Å². The fourth-order valence-electron chi connectivity index (χ4n) is 1.82. The summed E-state index contributed by atoms with van der Waals surface area (Å²) in [6, 6.07) is 1.38. The zero-order chi connectivity index (χ0) is 14.6. The number of rotatable bonds is 6. The number of aromatic nitrogens is 1. The van der Waals surface area contributed by atoms with E-state index < -0.39 is 10.5 Å². The predicted molar refractivity (Wildman–Crippen MR) is 73.3 cm³/mol. The van der Waals surface area contributed by atoms with Crippen molar-refractivity contribution in [3.63, 3.8) is 0 Å². The van der Waals surface area contributed by atoms with E-state index >= 15 is 0 Å². The molecule has 0 spiro atoms. The minimum Gasteiger partial charge on any atom is -0.387 e. The van der Waals surface area contributed by atoms with Gasteiger partial charge in [-0.2, -0.15) is 0 Å². The molecule has 106 valence electrons. The lowest BCUT2D eigenvalue weighted by atomic mass is 10.1. The van der Waals surface area contributed by atoms with Crippen LogP contribution in [0.4, 0.5) is 11.5 Å². The molecule has 19 heavy (non-hydrogen) atoms. The van der Waals surface area contributed by atoms with Crippen molar-refractivity contribution in [2.75, 3.05) is 32.5 Å². The largest absolute Gasteiger partial charge is 0.387 e. The van der Waals surface area contributed by atoms with Gasteiger partial charge in [0, 0.05) is 24.8 Å². The van der Waals surface area contributed by atoms with Crippen molar-refractivity contribution in [2.24, 2.45) is 0 Å². The molecule has 0 aliphatic heterocycles. The van der Waals surface area contributed by atoms with Gasteiger partial charge in [0.15, 0.2) is 0 Å². The first-order chi connectivity index (χ1) is 8.71. The van der Waals surface area contributed by atoms with Crippen molar-refractivity contribution in [3.8, 4) is 0 Å².